The van der Waals surface area contributed by atoms with Gasteiger partial charge in [-0.05, 0) is 31.5 Å². The standard InChI is InChI=1S/C18H15F4N5/c1-10-3-4-14(11(2)7-10)26-16-13(18(20,21)22)9-24-17(27-16)25-12-5-6-23-15(19)8-12/h3-9H,1-2H3,(H2,23,24,25,26,27). The van der Waals surface area contributed by atoms with Crippen molar-refractivity contribution in [2.24, 2.45) is 0 Å². The van der Waals surface area contributed by atoms with Crippen molar-refractivity contribution in [1.82, 2.24) is 15.0 Å². The van der Waals surface area contributed by atoms with Gasteiger partial charge in [0.1, 0.15) is 11.4 Å². The van der Waals surface area contributed by atoms with Gasteiger partial charge in [0, 0.05) is 29.8 Å². The molecule has 3 aromatic rings. The Hall–Kier alpha value is -3.23. The molecular weight excluding hydrogens is 362 g/mol. The van der Waals surface area contributed by atoms with E-state index in [-0.39, 0.29) is 11.6 Å². The lowest BCUT2D eigenvalue weighted by Crippen LogP contribution is -2.13. The quantitative estimate of drug-likeness (QED) is 0.487. The Morgan fingerprint density at radius 2 is 1.74 bits per heavy atom. The summed E-state index contributed by atoms with van der Waals surface area (Å²) in [4.78, 5) is 11.0. The number of anilines is 4. The minimum atomic E-state index is -4.64. The van der Waals surface area contributed by atoms with Crippen molar-refractivity contribution in [3.8, 4) is 0 Å². The van der Waals surface area contributed by atoms with E-state index in [2.05, 4.69) is 25.6 Å². The van der Waals surface area contributed by atoms with Crippen LogP contribution in [-0.4, -0.2) is 15.0 Å². The van der Waals surface area contributed by atoms with E-state index in [1.54, 1.807) is 19.1 Å². The molecule has 2 aromatic heterocycles. The van der Waals surface area contributed by atoms with Crippen LogP contribution in [0.2, 0.25) is 0 Å². The highest BCUT2D eigenvalue weighted by molar-refractivity contribution is 5.65. The molecule has 140 valence electrons. The summed E-state index contributed by atoms with van der Waals surface area (Å²) in [5, 5.41) is 5.38. The summed E-state index contributed by atoms with van der Waals surface area (Å²) in [6.45, 7) is 3.67. The van der Waals surface area contributed by atoms with Crippen molar-refractivity contribution in [1.29, 1.82) is 0 Å². The van der Waals surface area contributed by atoms with Crippen LogP contribution in [0.15, 0.2) is 42.7 Å². The van der Waals surface area contributed by atoms with Crippen LogP contribution in [-0.2, 0) is 6.18 Å². The molecule has 0 amide bonds. The number of hydrogen-bond acceptors (Lipinski definition) is 5. The zero-order valence-electron chi connectivity index (χ0n) is 14.4. The van der Waals surface area contributed by atoms with Gasteiger partial charge in [0.25, 0.3) is 0 Å². The van der Waals surface area contributed by atoms with Crippen molar-refractivity contribution in [3.63, 3.8) is 0 Å². The minimum Gasteiger partial charge on any atom is -0.339 e. The summed E-state index contributed by atoms with van der Waals surface area (Å²) in [6, 6.07) is 7.83. The third kappa shape index (κ3) is 4.49. The summed E-state index contributed by atoms with van der Waals surface area (Å²) in [7, 11) is 0. The Bertz CT molecular complexity index is 972. The normalized spacial score (nSPS) is 11.3. The number of aromatic nitrogens is 3. The van der Waals surface area contributed by atoms with Crippen LogP contribution in [0.3, 0.4) is 0 Å². The first-order valence-electron chi connectivity index (χ1n) is 7.89. The molecule has 0 aliphatic rings. The van der Waals surface area contributed by atoms with E-state index in [4.69, 9.17) is 0 Å². The Balaban J connectivity index is 1.98. The molecule has 0 saturated carbocycles. The Kier molecular flexibility index (Phi) is 4.93. The van der Waals surface area contributed by atoms with Crippen LogP contribution in [0.5, 0.6) is 0 Å². The number of hydrogen-bond donors (Lipinski definition) is 2. The summed E-state index contributed by atoms with van der Waals surface area (Å²) >= 11 is 0. The van der Waals surface area contributed by atoms with Gasteiger partial charge in [-0.15, -0.1) is 0 Å². The molecule has 27 heavy (non-hydrogen) atoms. The van der Waals surface area contributed by atoms with Crippen LogP contribution < -0.4 is 10.6 Å². The zero-order valence-corrected chi connectivity index (χ0v) is 14.4. The number of aryl methyl sites for hydroxylation is 2. The zero-order chi connectivity index (χ0) is 19.6. The van der Waals surface area contributed by atoms with Gasteiger partial charge in [-0.3, -0.25) is 0 Å². The Labute approximate surface area is 152 Å². The molecule has 0 saturated heterocycles. The van der Waals surface area contributed by atoms with Gasteiger partial charge < -0.3 is 10.6 Å². The summed E-state index contributed by atoms with van der Waals surface area (Å²) in [6.07, 6.45) is -2.74. The third-order valence-corrected chi connectivity index (χ3v) is 3.71. The molecule has 2 N–H and O–H groups in total. The van der Waals surface area contributed by atoms with E-state index in [1.807, 2.05) is 13.0 Å². The van der Waals surface area contributed by atoms with Crippen LogP contribution in [0.4, 0.5) is 40.7 Å². The van der Waals surface area contributed by atoms with Gasteiger partial charge >= 0.3 is 6.18 Å². The number of alkyl halides is 3. The van der Waals surface area contributed by atoms with E-state index in [9.17, 15) is 17.6 Å². The Morgan fingerprint density at radius 1 is 0.963 bits per heavy atom. The maximum atomic E-state index is 13.3. The highest BCUT2D eigenvalue weighted by atomic mass is 19.4. The maximum absolute atomic E-state index is 13.3. The summed E-state index contributed by atoms with van der Waals surface area (Å²) in [5.41, 5.74) is 1.51. The number of nitrogens with zero attached hydrogens (tertiary/aromatic N) is 3. The molecule has 3 rings (SSSR count). The second-order valence-electron chi connectivity index (χ2n) is 5.89. The smallest absolute Gasteiger partial charge is 0.339 e. The molecule has 0 unspecified atom stereocenters. The average Bonchev–Trinajstić information content (AvgIpc) is 2.56. The van der Waals surface area contributed by atoms with Crippen LogP contribution in [0, 0.1) is 19.8 Å². The molecule has 1 aromatic carbocycles. The van der Waals surface area contributed by atoms with Crippen LogP contribution in [0.1, 0.15) is 16.7 Å². The van der Waals surface area contributed by atoms with E-state index in [1.165, 1.54) is 12.3 Å². The first kappa shape index (κ1) is 18.6. The molecular formula is C18H15F4N5. The van der Waals surface area contributed by atoms with Gasteiger partial charge in [0.15, 0.2) is 0 Å². The van der Waals surface area contributed by atoms with Gasteiger partial charge in [-0.25, -0.2) is 9.97 Å². The fourth-order valence-corrected chi connectivity index (χ4v) is 2.44. The molecule has 0 radical (unpaired) electrons. The second kappa shape index (κ2) is 7.18. The lowest BCUT2D eigenvalue weighted by Gasteiger charge is -2.16. The van der Waals surface area contributed by atoms with E-state index >= 15 is 0 Å². The monoisotopic (exact) mass is 377 g/mol. The lowest BCUT2D eigenvalue weighted by molar-refractivity contribution is -0.137. The molecule has 0 bridgehead atoms. The minimum absolute atomic E-state index is 0.110. The molecule has 0 aliphatic heterocycles. The fourth-order valence-electron chi connectivity index (χ4n) is 2.44. The number of rotatable bonds is 4. The first-order valence-corrected chi connectivity index (χ1v) is 7.89. The highest BCUT2D eigenvalue weighted by Crippen LogP contribution is 2.35. The van der Waals surface area contributed by atoms with E-state index in [0.29, 0.717) is 11.9 Å². The SMILES string of the molecule is Cc1ccc(Nc2nc(Nc3ccnc(F)c3)ncc2C(F)(F)F)c(C)c1. The van der Waals surface area contributed by atoms with Crippen molar-refractivity contribution in [3.05, 3.63) is 65.4 Å². The number of pyridine rings is 1. The van der Waals surface area contributed by atoms with Gasteiger partial charge in [0.2, 0.25) is 11.9 Å². The first-order chi connectivity index (χ1) is 12.7. The second-order valence-corrected chi connectivity index (χ2v) is 5.89. The predicted molar refractivity (Wildman–Crippen MR) is 93.7 cm³/mol. The summed E-state index contributed by atoms with van der Waals surface area (Å²) < 4.78 is 53.2. The molecule has 0 atom stereocenters. The third-order valence-electron chi connectivity index (χ3n) is 3.71. The number of nitrogens with one attached hydrogen (secondary N) is 2. The fraction of sp³-hybridized carbons (Fsp3) is 0.167. The molecule has 0 aliphatic carbocycles. The average molecular weight is 377 g/mol. The van der Waals surface area contributed by atoms with Crippen LogP contribution in [0.25, 0.3) is 0 Å². The van der Waals surface area contributed by atoms with Crippen LogP contribution >= 0.6 is 0 Å². The number of halogens is 4. The molecule has 5 nitrogen and oxygen atoms in total. The van der Waals surface area contributed by atoms with E-state index < -0.39 is 23.5 Å². The number of benzene rings is 1. The topological polar surface area (TPSA) is 62.7 Å². The van der Waals surface area contributed by atoms with Crippen molar-refractivity contribution in [2.45, 2.75) is 20.0 Å². The van der Waals surface area contributed by atoms with E-state index in [0.717, 1.165) is 17.2 Å². The largest absolute Gasteiger partial charge is 0.421 e. The van der Waals surface area contributed by atoms with Gasteiger partial charge in [0.05, 0.1) is 0 Å². The maximum Gasteiger partial charge on any atom is 0.421 e. The molecule has 2 heterocycles. The van der Waals surface area contributed by atoms with Gasteiger partial charge in [-0.2, -0.15) is 22.5 Å². The van der Waals surface area contributed by atoms with Crippen molar-refractivity contribution < 1.29 is 17.6 Å². The molecule has 0 fully saturated rings. The predicted octanol–water partition coefficient (Wildman–Crippen LogP) is 5.13. The van der Waals surface area contributed by atoms with Gasteiger partial charge in [-0.1, -0.05) is 17.7 Å². The lowest BCUT2D eigenvalue weighted by atomic mass is 10.1. The summed E-state index contributed by atoms with van der Waals surface area (Å²) in [5.74, 6) is -1.25. The highest BCUT2D eigenvalue weighted by Gasteiger charge is 2.35. The molecule has 9 heteroatoms. The Morgan fingerprint density at radius 3 is 2.41 bits per heavy atom. The van der Waals surface area contributed by atoms with Crippen molar-refractivity contribution in [2.75, 3.05) is 10.6 Å². The van der Waals surface area contributed by atoms with Crippen molar-refractivity contribution >= 4 is 23.1 Å². The molecule has 0 spiro atoms.